The molecule has 2 spiro atoms. The monoisotopic (exact) mass is 600 g/mol. The van der Waals surface area contributed by atoms with E-state index in [0.717, 1.165) is 5.56 Å². The highest BCUT2D eigenvalue weighted by molar-refractivity contribution is 6.06. The Morgan fingerprint density at radius 3 is 1.35 bits per heavy atom. The summed E-state index contributed by atoms with van der Waals surface area (Å²) in [6, 6.07) is 35.7. The Morgan fingerprint density at radius 2 is 0.848 bits per heavy atom. The molecule has 0 saturated heterocycles. The molecule has 0 heterocycles. The second-order valence-corrected chi connectivity index (χ2v) is 14.6. The number of aryl methyl sites for hydroxylation is 4. The van der Waals surface area contributed by atoms with Crippen LogP contribution in [0.4, 0.5) is 0 Å². The molecule has 0 aromatic heterocycles. The molecule has 230 valence electrons. The van der Waals surface area contributed by atoms with Gasteiger partial charge in [0.05, 0.1) is 5.41 Å². The molecule has 4 aliphatic carbocycles. The summed E-state index contributed by atoms with van der Waals surface area (Å²) in [7, 11) is 0. The summed E-state index contributed by atoms with van der Waals surface area (Å²) in [5.74, 6) is 0.257. The zero-order valence-electron chi connectivity index (χ0n) is 27.8. The van der Waals surface area contributed by atoms with Crippen LogP contribution in [0.5, 0.6) is 0 Å². The molecule has 0 amide bonds. The molecule has 0 bridgehead atoms. The predicted octanol–water partition coefficient (Wildman–Crippen LogP) is 11.5. The van der Waals surface area contributed by atoms with E-state index >= 15 is 0 Å². The normalized spacial score (nSPS) is 17.7. The van der Waals surface area contributed by atoms with Crippen molar-refractivity contribution in [1.82, 2.24) is 0 Å². The minimum Gasteiger partial charge on any atom is -0.294 e. The van der Waals surface area contributed by atoms with E-state index in [-0.39, 0.29) is 11.2 Å². The minimum absolute atomic E-state index is 0.257. The molecule has 1 saturated carbocycles. The number of ketones is 1. The smallest absolute Gasteiger partial charge is 0.164 e. The summed E-state index contributed by atoms with van der Waals surface area (Å²) < 4.78 is 0. The van der Waals surface area contributed by atoms with Gasteiger partial charge in [-0.1, -0.05) is 151 Å². The Bertz CT molecular complexity index is 1910. The van der Waals surface area contributed by atoms with Crippen LogP contribution in [0, 0.1) is 27.7 Å². The molecule has 1 fully saturated rings. The van der Waals surface area contributed by atoms with Gasteiger partial charge >= 0.3 is 0 Å². The maximum absolute atomic E-state index is 12.8. The summed E-state index contributed by atoms with van der Waals surface area (Å²) in [6.45, 7) is 8.74. The van der Waals surface area contributed by atoms with Gasteiger partial charge in [-0.3, -0.25) is 4.79 Å². The topological polar surface area (TPSA) is 17.1 Å². The van der Waals surface area contributed by atoms with Crippen LogP contribution < -0.4 is 0 Å². The van der Waals surface area contributed by atoms with E-state index in [1.165, 1.54) is 106 Å². The Morgan fingerprint density at radius 1 is 0.435 bits per heavy atom. The molecule has 5 aromatic carbocycles. The number of rotatable bonds is 0. The van der Waals surface area contributed by atoms with Gasteiger partial charge in [0.25, 0.3) is 0 Å². The summed E-state index contributed by atoms with van der Waals surface area (Å²) in [4.78, 5) is 12.8. The molecule has 0 atom stereocenters. The standard InChI is InChI=1S/C23H18O.C22H26/c1-14-7-9-16-17-10-8-15(2)12-21(17)23(20(16)11-14)13-22(24)18-5-3-4-6-19(18)23;1-16-8-10-18-19-11-9-17(2)15-21(19)22(20(18)14-16)12-6-4-3-5-7-13-22/h3-12H,13H2,1-2H3;8-11,14-15H,3-7,12-13H2,1-2H3. The first-order chi connectivity index (χ1) is 22.3. The van der Waals surface area contributed by atoms with E-state index in [9.17, 15) is 4.79 Å². The van der Waals surface area contributed by atoms with E-state index in [4.69, 9.17) is 0 Å². The highest BCUT2D eigenvalue weighted by Crippen LogP contribution is 2.59. The van der Waals surface area contributed by atoms with E-state index in [0.29, 0.717) is 11.8 Å². The third kappa shape index (κ3) is 4.31. The Kier molecular flexibility index (Phi) is 6.94. The summed E-state index contributed by atoms with van der Waals surface area (Å²) in [5, 5.41) is 0. The fraction of sp³-hybridized carbons (Fsp3) is 0.311. The van der Waals surface area contributed by atoms with Gasteiger partial charge < -0.3 is 0 Å². The zero-order chi connectivity index (χ0) is 31.6. The van der Waals surface area contributed by atoms with Crippen molar-refractivity contribution in [2.45, 2.75) is 89.9 Å². The second-order valence-electron chi connectivity index (χ2n) is 14.6. The van der Waals surface area contributed by atoms with Gasteiger partial charge in [-0.25, -0.2) is 0 Å². The van der Waals surface area contributed by atoms with Crippen molar-refractivity contribution in [3.05, 3.63) is 153 Å². The van der Waals surface area contributed by atoms with Crippen LogP contribution in [-0.4, -0.2) is 5.78 Å². The van der Waals surface area contributed by atoms with Gasteiger partial charge in [0.1, 0.15) is 0 Å². The first kappa shape index (κ1) is 29.2. The van der Waals surface area contributed by atoms with E-state index in [2.05, 4.69) is 113 Å². The largest absolute Gasteiger partial charge is 0.294 e. The number of carbonyl (C=O) groups excluding carboxylic acids is 1. The molecular weight excluding hydrogens is 556 g/mol. The Labute approximate surface area is 274 Å². The average molecular weight is 601 g/mol. The maximum Gasteiger partial charge on any atom is 0.164 e. The minimum atomic E-state index is -0.309. The van der Waals surface area contributed by atoms with E-state index in [1.807, 2.05) is 12.1 Å². The number of benzene rings is 5. The first-order valence-corrected chi connectivity index (χ1v) is 17.4. The lowest BCUT2D eigenvalue weighted by Gasteiger charge is -2.34. The first-order valence-electron chi connectivity index (χ1n) is 17.4. The number of hydrogen-bond donors (Lipinski definition) is 0. The highest BCUT2D eigenvalue weighted by atomic mass is 16.1. The molecule has 0 radical (unpaired) electrons. The molecule has 1 nitrogen and oxygen atoms in total. The van der Waals surface area contributed by atoms with Crippen LogP contribution in [0.15, 0.2) is 97.1 Å². The summed E-state index contributed by atoms with van der Waals surface area (Å²) in [6.07, 6.45) is 10.2. The molecule has 5 aromatic rings. The molecule has 9 rings (SSSR count). The van der Waals surface area contributed by atoms with Gasteiger partial charge in [0, 0.05) is 17.4 Å². The van der Waals surface area contributed by atoms with Crippen LogP contribution in [0.2, 0.25) is 0 Å². The lowest BCUT2D eigenvalue weighted by Crippen LogP contribution is -2.26. The molecular formula is C45H44O. The predicted molar refractivity (Wildman–Crippen MR) is 191 cm³/mol. The lowest BCUT2D eigenvalue weighted by atomic mass is 9.69. The van der Waals surface area contributed by atoms with Crippen LogP contribution in [0.1, 0.15) is 112 Å². The fourth-order valence-electron chi connectivity index (χ4n) is 9.42. The molecule has 4 aliphatic rings. The van der Waals surface area contributed by atoms with Gasteiger partial charge in [-0.15, -0.1) is 0 Å². The molecule has 0 unspecified atom stereocenters. The maximum atomic E-state index is 12.8. The van der Waals surface area contributed by atoms with Gasteiger partial charge in [-0.2, -0.15) is 0 Å². The number of carbonyl (C=O) groups is 1. The Hall–Kier alpha value is -4.23. The summed E-state index contributed by atoms with van der Waals surface area (Å²) in [5.41, 5.74) is 18.7. The van der Waals surface area contributed by atoms with Crippen molar-refractivity contribution >= 4 is 5.78 Å². The molecule has 0 aliphatic heterocycles. The van der Waals surface area contributed by atoms with Crippen molar-refractivity contribution in [2.24, 2.45) is 0 Å². The second kappa shape index (κ2) is 10.9. The van der Waals surface area contributed by atoms with Crippen molar-refractivity contribution in [3.63, 3.8) is 0 Å². The number of hydrogen-bond acceptors (Lipinski definition) is 1. The van der Waals surface area contributed by atoms with Crippen molar-refractivity contribution in [3.8, 4) is 22.3 Å². The zero-order valence-corrected chi connectivity index (χ0v) is 27.8. The number of Topliss-reactive ketones (excluding diaryl/α,β-unsaturated/α-hetero) is 1. The molecule has 46 heavy (non-hydrogen) atoms. The highest BCUT2D eigenvalue weighted by Gasteiger charge is 2.51. The van der Waals surface area contributed by atoms with Crippen molar-refractivity contribution in [1.29, 1.82) is 0 Å². The van der Waals surface area contributed by atoms with Gasteiger partial charge in [-0.05, 0) is 90.6 Å². The summed E-state index contributed by atoms with van der Waals surface area (Å²) >= 11 is 0. The van der Waals surface area contributed by atoms with Gasteiger partial charge in [0.2, 0.25) is 0 Å². The van der Waals surface area contributed by atoms with Crippen LogP contribution in [-0.2, 0) is 10.8 Å². The lowest BCUT2D eigenvalue weighted by molar-refractivity contribution is 0.0984. The third-order valence-electron chi connectivity index (χ3n) is 11.6. The fourth-order valence-corrected chi connectivity index (χ4v) is 9.42. The van der Waals surface area contributed by atoms with Crippen molar-refractivity contribution in [2.75, 3.05) is 0 Å². The van der Waals surface area contributed by atoms with E-state index in [1.54, 1.807) is 11.1 Å². The Balaban J connectivity index is 0.000000136. The van der Waals surface area contributed by atoms with E-state index < -0.39 is 0 Å². The molecule has 1 heteroatoms. The van der Waals surface area contributed by atoms with Crippen LogP contribution in [0.3, 0.4) is 0 Å². The van der Waals surface area contributed by atoms with Crippen LogP contribution >= 0.6 is 0 Å². The average Bonchev–Trinajstić information content (AvgIpc) is 3.59. The SMILES string of the molecule is Cc1ccc2c(c1)C1(CC(=O)c3ccccc31)c1cc(C)ccc1-2.Cc1ccc2c(c1)C1(CCCCCCC1)c1cc(C)ccc1-2. The molecule has 0 N–H and O–H groups in total. The quantitative estimate of drug-likeness (QED) is 0.173. The van der Waals surface area contributed by atoms with Crippen LogP contribution in [0.25, 0.3) is 22.3 Å². The van der Waals surface area contributed by atoms with Gasteiger partial charge in [0.15, 0.2) is 5.78 Å². The number of fused-ring (bicyclic) bond motifs is 12. The van der Waals surface area contributed by atoms with Crippen molar-refractivity contribution < 1.29 is 4.79 Å². The third-order valence-corrected chi connectivity index (χ3v) is 11.6.